The molecule has 1 aromatic rings. The van der Waals surface area contributed by atoms with Crippen LogP contribution in [0.25, 0.3) is 0 Å². The number of rotatable bonds is 2. The molecule has 0 aromatic carbocycles. The Balaban J connectivity index is 3.21. The Kier molecular flexibility index (Phi) is 2.73. The van der Waals surface area contributed by atoms with E-state index in [1.807, 2.05) is 0 Å². The van der Waals surface area contributed by atoms with Crippen LogP contribution in [-0.4, -0.2) is 18.3 Å². The van der Waals surface area contributed by atoms with Crippen LogP contribution >= 0.6 is 0 Å². The molecule has 1 heterocycles. The highest BCUT2D eigenvalue weighted by molar-refractivity contribution is 5.82. The molecule has 0 aliphatic carbocycles. The molecular weight excluding hydrogens is 197 g/mol. The van der Waals surface area contributed by atoms with E-state index in [9.17, 15) is 18.0 Å². The molecule has 0 bridgehead atoms. The van der Waals surface area contributed by atoms with Gasteiger partial charge in [0.25, 0.3) is 0 Å². The van der Waals surface area contributed by atoms with E-state index in [2.05, 4.69) is 10.3 Å². The van der Waals surface area contributed by atoms with E-state index < -0.39 is 11.9 Å². The molecule has 0 aliphatic heterocycles. The predicted molar refractivity (Wildman–Crippen MR) is 44.2 cm³/mol. The molecule has 0 unspecified atom stereocenters. The summed E-state index contributed by atoms with van der Waals surface area (Å²) in [6.07, 6.45) is -4.05. The highest BCUT2D eigenvalue weighted by atomic mass is 19.4. The zero-order chi connectivity index (χ0) is 10.8. The van der Waals surface area contributed by atoms with E-state index in [1.54, 1.807) is 0 Å². The Morgan fingerprint density at radius 2 is 2.07 bits per heavy atom. The minimum atomic E-state index is -4.49. The molecule has 0 saturated heterocycles. The van der Waals surface area contributed by atoms with Crippen molar-refractivity contribution in [3.63, 3.8) is 0 Å². The lowest BCUT2D eigenvalue weighted by Gasteiger charge is -2.08. The third kappa shape index (κ3) is 2.01. The molecular formula is C8H7F3N2O. The molecule has 76 valence electrons. The van der Waals surface area contributed by atoms with Crippen molar-refractivity contribution in [2.24, 2.45) is 0 Å². The molecule has 0 saturated carbocycles. The zero-order valence-electron chi connectivity index (χ0n) is 7.22. The molecule has 0 fully saturated rings. The smallest absolute Gasteiger partial charge is 0.373 e. The second kappa shape index (κ2) is 3.65. The number of carbonyl (C=O) groups excluding carboxylic acids is 1. The van der Waals surface area contributed by atoms with Gasteiger partial charge in [-0.25, -0.2) is 4.98 Å². The molecule has 0 amide bonds. The summed E-state index contributed by atoms with van der Waals surface area (Å²) in [7, 11) is 1.40. The number of hydrogen-bond acceptors (Lipinski definition) is 3. The van der Waals surface area contributed by atoms with Crippen molar-refractivity contribution in [3.8, 4) is 0 Å². The minimum Gasteiger partial charge on any atom is -0.373 e. The maximum Gasteiger partial charge on any atom is 0.433 e. The van der Waals surface area contributed by atoms with Crippen LogP contribution in [0.5, 0.6) is 0 Å². The van der Waals surface area contributed by atoms with Crippen LogP contribution in [0, 0.1) is 0 Å². The highest BCUT2D eigenvalue weighted by Gasteiger charge is 2.32. The summed E-state index contributed by atoms with van der Waals surface area (Å²) in [6.45, 7) is 0. The second-order valence-electron chi connectivity index (χ2n) is 2.50. The molecule has 3 nitrogen and oxygen atoms in total. The second-order valence-corrected chi connectivity index (χ2v) is 2.50. The fraction of sp³-hybridized carbons (Fsp3) is 0.250. The Hall–Kier alpha value is -1.59. The fourth-order valence-electron chi connectivity index (χ4n) is 0.923. The molecule has 0 atom stereocenters. The number of anilines is 1. The highest BCUT2D eigenvalue weighted by Crippen LogP contribution is 2.28. The van der Waals surface area contributed by atoms with Crippen LogP contribution in [0.2, 0.25) is 0 Å². The lowest BCUT2D eigenvalue weighted by Crippen LogP contribution is -2.10. The van der Waals surface area contributed by atoms with E-state index in [1.165, 1.54) is 7.05 Å². The molecule has 1 rings (SSSR count). The topological polar surface area (TPSA) is 42.0 Å². The van der Waals surface area contributed by atoms with Crippen LogP contribution < -0.4 is 5.32 Å². The van der Waals surface area contributed by atoms with Crippen LogP contribution in [0.1, 0.15) is 16.1 Å². The molecule has 0 aliphatic rings. The number of aromatic nitrogens is 1. The van der Waals surface area contributed by atoms with Gasteiger partial charge >= 0.3 is 6.18 Å². The maximum absolute atomic E-state index is 12.2. The largest absolute Gasteiger partial charge is 0.433 e. The van der Waals surface area contributed by atoms with Crippen LogP contribution in [0.4, 0.5) is 19.0 Å². The van der Waals surface area contributed by atoms with Gasteiger partial charge in [-0.2, -0.15) is 13.2 Å². The normalized spacial score (nSPS) is 11.1. The van der Waals surface area contributed by atoms with Crippen molar-refractivity contribution in [3.05, 3.63) is 23.4 Å². The van der Waals surface area contributed by atoms with Gasteiger partial charge in [-0.1, -0.05) is 0 Å². The van der Waals surface area contributed by atoms with Gasteiger partial charge in [0.1, 0.15) is 11.5 Å². The van der Waals surface area contributed by atoms with Crippen LogP contribution in [0.15, 0.2) is 12.1 Å². The number of aldehydes is 1. The van der Waals surface area contributed by atoms with E-state index in [4.69, 9.17) is 0 Å². The quantitative estimate of drug-likeness (QED) is 0.748. The van der Waals surface area contributed by atoms with Crippen molar-refractivity contribution in [1.29, 1.82) is 0 Å². The van der Waals surface area contributed by atoms with Gasteiger partial charge < -0.3 is 5.32 Å². The van der Waals surface area contributed by atoms with Gasteiger partial charge in [0.15, 0.2) is 6.29 Å². The number of nitrogens with one attached hydrogen (secondary N) is 1. The zero-order valence-corrected chi connectivity index (χ0v) is 7.22. The van der Waals surface area contributed by atoms with E-state index in [0.717, 1.165) is 12.1 Å². The van der Waals surface area contributed by atoms with Crippen molar-refractivity contribution < 1.29 is 18.0 Å². The SMILES string of the molecule is CNc1nc(C(F)(F)F)ccc1C=O. The lowest BCUT2D eigenvalue weighted by atomic mass is 10.2. The van der Waals surface area contributed by atoms with Gasteiger partial charge in [-0.15, -0.1) is 0 Å². The fourth-order valence-corrected chi connectivity index (χ4v) is 0.923. The van der Waals surface area contributed by atoms with Crippen LogP contribution in [0.3, 0.4) is 0 Å². The Labute approximate surface area is 78.0 Å². The predicted octanol–water partition coefficient (Wildman–Crippen LogP) is 1.95. The summed E-state index contributed by atoms with van der Waals surface area (Å²) in [5.74, 6) is -0.0742. The third-order valence-corrected chi connectivity index (χ3v) is 1.58. The Bertz CT molecular complexity index is 349. The molecule has 1 aromatic heterocycles. The first-order chi connectivity index (χ1) is 6.49. The van der Waals surface area contributed by atoms with Gasteiger partial charge in [0.2, 0.25) is 0 Å². The summed E-state index contributed by atoms with van der Waals surface area (Å²) in [6, 6.07) is 1.85. The molecule has 0 spiro atoms. The Morgan fingerprint density at radius 1 is 1.43 bits per heavy atom. The summed E-state index contributed by atoms with van der Waals surface area (Å²) in [5.41, 5.74) is -0.923. The van der Waals surface area contributed by atoms with Crippen molar-refractivity contribution in [2.75, 3.05) is 12.4 Å². The first kappa shape index (κ1) is 10.5. The number of pyridine rings is 1. The van der Waals surface area contributed by atoms with E-state index in [0.29, 0.717) is 6.29 Å². The number of halogens is 3. The number of alkyl halides is 3. The maximum atomic E-state index is 12.2. The molecule has 6 heteroatoms. The lowest BCUT2D eigenvalue weighted by molar-refractivity contribution is -0.141. The van der Waals surface area contributed by atoms with E-state index in [-0.39, 0.29) is 11.4 Å². The molecule has 1 N–H and O–H groups in total. The molecule has 0 radical (unpaired) electrons. The standard InChI is InChI=1S/C8H7F3N2O/c1-12-7-5(4-14)2-3-6(13-7)8(9,10)11/h2-4H,1H3,(H,12,13). The first-order valence-corrected chi connectivity index (χ1v) is 3.70. The van der Waals surface area contributed by atoms with Crippen molar-refractivity contribution in [2.45, 2.75) is 6.18 Å². The minimum absolute atomic E-state index is 0.0742. The Morgan fingerprint density at radius 3 is 2.50 bits per heavy atom. The average molecular weight is 204 g/mol. The van der Waals surface area contributed by atoms with Crippen molar-refractivity contribution >= 4 is 12.1 Å². The summed E-state index contributed by atoms with van der Waals surface area (Å²) in [5, 5.41) is 2.42. The van der Waals surface area contributed by atoms with E-state index >= 15 is 0 Å². The summed E-state index contributed by atoms with van der Waals surface area (Å²) < 4.78 is 36.5. The number of nitrogens with zero attached hydrogens (tertiary/aromatic N) is 1. The van der Waals surface area contributed by atoms with Gasteiger partial charge in [0.05, 0.1) is 5.56 Å². The monoisotopic (exact) mass is 204 g/mol. The average Bonchev–Trinajstić information content (AvgIpc) is 2.15. The third-order valence-electron chi connectivity index (χ3n) is 1.58. The number of carbonyl (C=O) groups is 1. The first-order valence-electron chi connectivity index (χ1n) is 3.70. The van der Waals surface area contributed by atoms with Gasteiger partial charge in [-0.3, -0.25) is 4.79 Å². The summed E-state index contributed by atoms with van der Waals surface area (Å²) in [4.78, 5) is 13.7. The van der Waals surface area contributed by atoms with Crippen LogP contribution in [-0.2, 0) is 6.18 Å². The number of hydrogen-bond donors (Lipinski definition) is 1. The van der Waals surface area contributed by atoms with Crippen molar-refractivity contribution in [1.82, 2.24) is 4.98 Å². The molecule has 14 heavy (non-hydrogen) atoms. The van der Waals surface area contributed by atoms with Gasteiger partial charge in [0, 0.05) is 7.05 Å². The summed E-state index contributed by atoms with van der Waals surface area (Å²) >= 11 is 0. The van der Waals surface area contributed by atoms with Gasteiger partial charge in [-0.05, 0) is 12.1 Å².